The molecule has 0 atom stereocenters. The van der Waals surface area contributed by atoms with Gasteiger partial charge in [-0.25, -0.2) is 0 Å². The second-order valence-electron chi connectivity index (χ2n) is 7.21. The van der Waals surface area contributed by atoms with E-state index in [4.69, 9.17) is 5.73 Å². The minimum Gasteiger partial charge on any atom is -0.396 e. The summed E-state index contributed by atoms with van der Waals surface area (Å²) in [5.41, 5.74) is 13.2. The summed E-state index contributed by atoms with van der Waals surface area (Å²) in [6, 6.07) is 18.3. The van der Waals surface area contributed by atoms with Crippen molar-refractivity contribution in [1.29, 1.82) is 0 Å². The molecular weight excluding hydrogens is 342 g/mol. The van der Waals surface area contributed by atoms with Gasteiger partial charge < -0.3 is 5.73 Å². The summed E-state index contributed by atoms with van der Waals surface area (Å²) in [5, 5.41) is 1.77. The number of rotatable bonds is 4. The number of nitrogens with two attached hydrogens (primary N) is 1. The molecule has 138 valence electrons. The highest BCUT2D eigenvalue weighted by Crippen LogP contribution is 2.37. The first-order valence-electron chi connectivity index (χ1n) is 9.76. The summed E-state index contributed by atoms with van der Waals surface area (Å²) in [4.78, 5) is 12.8. The van der Waals surface area contributed by atoms with E-state index in [0.717, 1.165) is 35.6 Å². The first kappa shape index (κ1) is 18.1. The Labute approximate surface area is 166 Å². The van der Waals surface area contributed by atoms with Crippen LogP contribution < -0.4 is 5.73 Å². The highest BCUT2D eigenvalue weighted by Gasteiger charge is 2.18. The third-order valence-corrected chi connectivity index (χ3v) is 5.43. The molecule has 3 aromatic carbocycles. The van der Waals surface area contributed by atoms with E-state index in [1.54, 1.807) is 6.08 Å². The fourth-order valence-corrected chi connectivity index (χ4v) is 4.02. The molecule has 0 spiro atoms. The first-order chi connectivity index (χ1) is 13.6. The van der Waals surface area contributed by atoms with Crippen molar-refractivity contribution in [3.8, 4) is 11.1 Å². The Morgan fingerprint density at radius 3 is 2.82 bits per heavy atom. The summed E-state index contributed by atoms with van der Waals surface area (Å²) in [7, 11) is 0. The van der Waals surface area contributed by atoms with Crippen molar-refractivity contribution < 1.29 is 4.79 Å². The lowest BCUT2D eigenvalue weighted by atomic mass is 9.85. The van der Waals surface area contributed by atoms with Gasteiger partial charge >= 0.3 is 0 Å². The minimum absolute atomic E-state index is 0.153. The van der Waals surface area contributed by atoms with Gasteiger partial charge in [-0.2, -0.15) is 0 Å². The maximum atomic E-state index is 12.8. The van der Waals surface area contributed by atoms with Crippen LogP contribution in [0.1, 0.15) is 46.8 Å². The fraction of sp³-hybridized carbons (Fsp3) is 0.192. The van der Waals surface area contributed by atoms with Crippen LogP contribution in [0.5, 0.6) is 0 Å². The third-order valence-electron chi connectivity index (χ3n) is 5.43. The molecule has 3 aromatic rings. The van der Waals surface area contributed by atoms with Crippen molar-refractivity contribution >= 4 is 22.6 Å². The second kappa shape index (κ2) is 7.37. The summed E-state index contributed by atoms with van der Waals surface area (Å²) >= 11 is 0. The Balaban J connectivity index is 1.95. The summed E-state index contributed by atoms with van der Waals surface area (Å²) in [6.07, 6.45) is 9.10. The first-order valence-corrected chi connectivity index (χ1v) is 9.76. The maximum Gasteiger partial charge on any atom is 0.209 e. The molecule has 4 rings (SSSR count). The molecule has 0 amide bonds. The Morgan fingerprint density at radius 2 is 2.00 bits per heavy atom. The number of fused-ring (bicyclic) bond motifs is 2. The summed E-state index contributed by atoms with van der Waals surface area (Å²) in [5.74, 6) is -0.153. The molecule has 1 aliphatic rings. The van der Waals surface area contributed by atoms with Crippen LogP contribution in [0.25, 0.3) is 28.0 Å². The molecule has 0 aliphatic heterocycles. The van der Waals surface area contributed by atoms with Gasteiger partial charge in [-0.1, -0.05) is 55.5 Å². The summed E-state index contributed by atoms with van der Waals surface area (Å²) < 4.78 is 0. The standard InChI is InChI=1S/C26H23NO/c1-3-8-25(27)26(28)24-16-15-23(20-11-6-7-12-21(20)24)22-14-13-17(2)18-9-4-5-10-19(18)22/h5-6,8,10-11,13-16H,3-4,9,27H2,1-2H3/b25-8+. The van der Waals surface area contributed by atoms with E-state index in [1.165, 1.54) is 22.3 Å². The van der Waals surface area contributed by atoms with Crippen LogP contribution >= 0.6 is 0 Å². The number of benzene rings is 2. The van der Waals surface area contributed by atoms with Gasteiger partial charge in [0.25, 0.3) is 0 Å². The van der Waals surface area contributed by atoms with Crippen molar-refractivity contribution in [2.75, 3.05) is 0 Å². The van der Waals surface area contributed by atoms with Crippen LogP contribution in [0, 0.1) is 19.1 Å². The number of allylic oxidation sites excluding steroid dienone is 3. The zero-order valence-corrected chi connectivity index (χ0v) is 16.3. The van der Waals surface area contributed by atoms with Crippen molar-refractivity contribution in [3.05, 3.63) is 88.6 Å². The van der Waals surface area contributed by atoms with Gasteiger partial charge in [0.15, 0.2) is 0 Å². The third kappa shape index (κ3) is 3.00. The molecule has 0 unspecified atom stereocenters. The van der Waals surface area contributed by atoms with Crippen molar-refractivity contribution in [2.24, 2.45) is 5.73 Å². The molecule has 2 N–H and O–H groups in total. The molecule has 1 aliphatic carbocycles. The normalized spacial score (nSPS) is 13.3. The molecule has 0 saturated carbocycles. The summed E-state index contributed by atoms with van der Waals surface area (Å²) in [6.45, 7) is 4.14. The zero-order chi connectivity index (χ0) is 19.7. The second-order valence-corrected chi connectivity index (χ2v) is 7.21. The topological polar surface area (TPSA) is 43.1 Å². The Bertz CT molecular complexity index is 1130. The van der Waals surface area contributed by atoms with Gasteiger partial charge in [0.1, 0.15) is 0 Å². The van der Waals surface area contributed by atoms with E-state index in [1.807, 2.05) is 31.2 Å². The van der Waals surface area contributed by atoms with Gasteiger partial charge in [0.2, 0.25) is 5.78 Å². The Morgan fingerprint density at radius 1 is 1.18 bits per heavy atom. The minimum atomic E-state index is -0.153. The van der Waals surface area contributed by atoms with Gasteiger partial charge in [0, 0.05) is 10.9 Å². The number of carbonyl (C=O) groups is 1. The lowest BCUT2D eigenvalue weighted by molar-refractivity contribution is 0.103. The zero-order valence-electron chi connectivity index (χ0n) is 16.3. The molecule has 0 bridgehead atoms. The van der Waals surface area contributed by atoms with Crippen molar-refractivity contribution in [2.45, 2.75) is 33.1 Å². The van der Waals surface area contributed by atoms with Crippen LogP contribution in [-0.2, 0) is 6.42 Å². The number of carbonyl (C=O) groups excluding carboxylic acids is 1. The molecule has 0 saturated heterocycles. The van der Waals surface area contributed by atoms with E-state index in [9.17, 15) is 4.79 Å². The quantitative estimate of drug-likeness (QED) is 0.468. The Hall–Kier alpha value is -3.31. The number of Topliss-reactive ketones (excluding diaryl/α,β-unsaturated/α-hetero) is 1. The molecule has 0 radical (unpaired) electrons. The van der Waals surface area contributed by atoms with Gasteiger partial charge in [0.05, 0.1) is 5.70 Å². The van der Waals surface area contributed by atoms with E-state index in [0.29, 0.717) is 5.56 Å². The van der Waals surface area contributed by atoms with Gasteiger partial charge in [-0.3, -0.25) is 4.79 Å². The predicted molar refractivity (Wildman–Crippen MR) is 116 cm³/mol. The van der Waals surface area contributed by atoms with Crippen LogP contribution in [0.15, 0.2) is 54.2 Å². The molecule has 2 nitrogen and oxygen atoms in total. The Kier molecular flexibility index (Phi) is 4.75. The van der Waals surface area contributed by atoms with Crippen LogP contribution in [-0.4, -0.2) is 5.78 Å². The fourth-order valence-electron chi connectivity index (χ4n) is 4.02. The number of aryl methyl sites for hydroxylation is 1. The number of ketones is 1. The van der Waals surface area contributed by atoms with E-state index < -0.39 is 0 Å². The van der Waals surface area contributed by atoms with Crippen molar-refractivity contribution in [1.82, 2.24) is 0 Å². The van der Waals surface area contributed by atoms with Crippen molar-refractivity contribution in [3.63, 3.8) is 0 Å². The van der Waals surface area contributed by atoms with E-state index >= 15 is 0 Å². The molecular formula is C26H23NO. The lowest BCUT2D eigenvalue weighted by Gasteiger charge is -2.19. The van der Waals surface area contributed by atoms with Crippen LogP contribution in [0.2, 0.25) is 0 Å². The highest BCUT2D eigenvalue weighted by molar-refractivity contribution is 6.17. The monoisotopic (exact) mass is 365 g/mol. The van der Waals surface area contributed by atoms with E-state index in [2.05, 4.69) is 43.3 Å². The smallest absolute Gasteiger partial charge is 0.209 e. The highest BCUT2D eigenvalue weighted by atomic mass is 16.1. The predicted octanol–water partition coefficient (Wildman–Crippen LogP) is 5.81. The number of hydrogen-bond donors (Lipinski definition) is 1. The molecule has 28 heavy (non-hydrogen) atoms. The molecule has 2 heteroatoms. The molecule has 0 heterocycles. The van der Waals surface area contributed by atoms with Gasteiger partial charge in [-0.15, -0.1) is 0 Å². The average Bonchev–Trinajstić information content (AvgIpc) is 2.73. The van der Waals surface area contributed by atoms with E-state index in [-0.39, 0.29) is 11.5 Å². The molecule has 0 fully saturated rings. The van der Waals surface area contributed by atoms with Gasteiger partial charge in [-0.05, 0) is 77.6 Å². The maximum absolute atomic E-state index is 12.8. The van der Waals surface area contributed by atoms with Crippen LogP contribution in [0.3, 0.4) is 0 Å². The molecule has 0 aromatic heterocycles. The van der Waals surface area contributed by atoms with Crippen LogP contribution in [0.4, 0.5) is 0 Å². The lowest BCUT2D eigenvalue weighted by Crippen LogP contribution is -2.12. The SMILES string of the molecule is CC/C=C(/N)C(=O)c1ccc(-c2ccc(C)c3c2C=CCC3)c2ccc#cc12. The largest absolute Gasteiger partial charge is 0.396 e. The number of hydrogen-bond acceptors (Lipinski definition) is 2. The average molecular weight is 365 g/mol.